The first-order chi connectivity index (χ1) is 6.18. The fourth-order valence-electron chi connectivity index (χ4n) is 0.819. The second kappa shape index (κ2) is 4.78. The Balaban J connectivity index is 2.00. The number of carboxylic acids is 1. The molecule has 1 aliphatic rings. The lowest BCUT2D eigenvalue weighted by molar-refractivity contribution is -0.144. The molecular weight excluding hydrogens is 178 g/mol. The van der Waals surface area contributed by atoms with Crippen molar-refractivity contribution in [1.29, 1.82) is 0 Å². The van der Waals surface area contributed by atoms with Crippen LogP contribution in [0.25, 0.3) is 0 Å². The van der Waals surface area contributed by atoms with Gasteiger partial charge in [0.1, 0.15) is 13.2 Å². The van der Waals surface area contributed by atoms with Gasteiger partial charge < -0.3 is 19.9 Å². The number of hydrogen-bond acceptors (Lipinski definition) is 4. The van der Waals surface area contributed by atoms with Gasteiger partial charge in [0.05, 0.1) is 19.3 Å². The van der Waals surface area contributed by atoms with Crippen LogP contribution in [0.5, 0.6) is 0 Å². The van der Waals surface area contributed by atoms with Crippen LogP contribution in [0.3, 0.4) is 0 Å². The number of rotatable bonds is 5. The van der Waals surface area contributed by atoms with E-state index in [1.807, 2.05) is 0 Å². The number of carbonyl (C=O) groups excluding carboxylic acids is 1. The minimum atomic E-state index is -1.08. The van der Waals surface area contributed by atoms with Gasteiger partial charge in [0.2, 0.25) is 5.91 Å². The number of ether oxygens (including phenoxy) is 2. The molecule has 74 valence electrons. The summed E-state index contributed by atoms with van der Waals surface area (Å²) in [5.74, 6) is -1.39. The van der Waals surface area contributed by atoms with Gasteiger partial charge >= 0.3 is 5.97 Å². The molecule has 0 atom stereocenters. The molecule has 1 heterocycles. The van der Waals surface area contributed by atoms with Gasteiger partial charge in [-0.2, -0.15) is 0 Å². The maximum absolute atomic E-state index is 10.9. The van der Waals surface area contributed by atoms with Crippen LogP contribution in [0, 0.1) is 0 Å². The van der Waals surface area contributed by atoms with Crippen LogP contribution in [0.1, 0.15) is 0 Å². The molecule has 1 amide bonds. The summed E-state index contributed by atoms with van der Waals surface area (Å²) in [6, 6.07) is 0.0564. The van der Waals surface area contributed by atoms with Crippen LogP contribution in [0.2, 0.25) is 0 Å². The normalized spacial score (nSPS) is 16.3. The molecule has 1 aliphatic heterocycles. The summed E-state index contributed by atoms with van der Waals surface area (Å²) < 4.78 is 9.40. The quantitative estimate of drug-likeness (QED) is 0.555. The molecule has 6 nitrogen and oxygen atoms in total. The molecule has 2 N–H and O–H groups in total. The van der Waals surface area contributed by atoms with E-state index in [4.69, 9.17) is 9.84 Å². The Bertz CT molecular complexity index is 201. The van der Waals surface area contributed by atoms with Gasteiger partial charge in [-0.1, -0.05) is 0 Å². The Labute approximate surface area is 74.8 Å². The summed E-state index contributed by atoms with van der Waals surface area (Å²) in [5, 5.41) is 10.8. The molecule has 0 spiro atoms. The number of carbonyl (C=O) groups is 2. The number of amides is 1. The number of aliphatic carboxylic acids is 1. The van der Waals surface area contributed by atoms with Crippen molar-refractivity contribution >= 4 is 11.9 Å². The Hall–Kier alpha value is -1.14. The van der Waals surface area contributed by atoms with Gasteiger partial charge in [0, 0.05) is 0 Å². The van der Waals surface area contributed by atoms with E-state index >= 15 is 0 Å². The minimum absolute atomic E-state index is 0.0564. The third-order valence-corrected chi connectivity index (χ3v) is 1.46. The SMILES string of the molecule is O=C(O)COCC(=O)NC1COC1. The lowest BCUT2D eigenvalue weighted by Crippen LogP contribution is -2.49. The van der Waals surface area contributed by atoms with Crippen molar-refractivity contribution in [3.63, 3.8) is 0 Å². The average Bonchev–Trinajstić information content (AvgIpc) is 1.96. The van der Waals surface area contributed by atoms with E-state index in [0.717, 1.165) is 0 Å². The van der Waals surface area contributed by atoms with E-state index in [2.05, 4.69) is 10.1 Å². The molecule has 0 saturated carbocycles. The first kappa shape index (κ1) is 9.94. The molecule has 0 bridgehead atoms. The first-order valence-corrected chi connectivity index (χ1v) is 3.85. The molecule has 0 unspecified atom stereocenters. The zero-order chi connectivity index (χ0) is 9.68. The predicted molar refractivity (Wildman–Crippen MR) is 41.2 cm³/mol. The summed E-state index contributed by atoms with van der Waals surface area (Å²) in [7, 11) is 0. The van der Waals surface area contributed by atoms with Crippen molar-refractivity contribution in [3.8, 4) is 0 Å². The molecule has 0 aliphatic carbocycles. The number of nitrogens with one attached hydrogen (secondary N) is 1. The molecule has 1 rings (SSSR count). The topological polar surface area (TPSA) is 84.9 Å². The lowest BCUT2D eigenvalue weighted by atomic mass is 10.2. The molecule has 13 heavy (non-hydrogen) atoms. The Morgan fingerprint density at radius 2 is 2.15 bits per heavy atom. The van der Waals surface area contributed by atoms with Crippen molar-refractivity contribution in [2.24, 2.45) is 0 Å². The van der Waals surface area contributed by atoms with Crippen molar-refractivity contribution in [1.82, 2.24) is 5.32 Å². The zero-order valence-electron chi connectivity index (χ0n) is 6.99. The maximum atomic E-state index is 10.9. The fraction of sp³-hybridized carbons (Fsp3) is 0.714. The highest BCUT2D eigenvalue weighted by Crippen LogP contribution is 1.98. The highest BCUT2D eigenvalue weighted by Gasteiger charge is 2.20. The summed E-state index contributed by atoms with van der Waals surface area (Å²) in [4.78, 5) is 20.9. The van der Waals surface area contributed by atoms with Crippen LogP contribution < -0.4 is 5.32 Å². The molecule has 1 fully saturated rings. The Morgan fingerprint density at radius 3 is 2.62 bits per heavy atom. The van der Waals surface area contributed by atoms with Crippen molar-refractivity contribution in [3.05, 3.63) is 0 Å². The standard InChI is InChI=1S/C7H11NO5/c9-6(3-13-4-7(10)11)8-5-1-12-2-5/h5H,1-4H2,(H,8,9)(H,10,11). The fourth-order valence-corrected chi connectivity index (χ4v) is 0.819. The average molecular weight is 189 g/mol. The van der Waals surface area contributed by atoms with Crippen LogP contribution >= 0.6 is 0 Å². The van der Waals surface area contributed by atoms with Gasteiger partial charge in [0.15, 0.2) is 0 Å². The van der Waals surface area contributed by atoms with Crippen LogP contribution in [-0.4, -0.2) is 49.5 Å². The molecule has 0 aromatic heterocycles. The van der Waals surface area contributed by atoms with Gasteiger partial charge in [-0.15, -0.1) is 0 Å². The number of hydrogen-bond donors (Lipinski definition) is 2. The molecule has 0 radical (unpaired) electrons. The zero-order valence-corrected chi connectivity index (χ0v) is 6.99. The van der Waals surface area contributed by atoms with Crippen LogP contribution in [0.4, 0.5) is 0 Å². The second-order valence-electron chi connectivity index (χ2n) is 2.69. The van der Waals surface area contributed by atoms with Crippen LogP contribution in [-0.2, 0) is 19.1 Å². The van der Waals surface area contributed by atoms with E-state index in [0.29, 0.717) is 13.2 Å². The Morgan fingerprint density at radius 1 is 1.46 bits per heavy atom. The van der Waals surface area contributed by atoms with Gasteiger partial charge in [-0.25, -0.2) is 4.79 Å². The summed E-state index contributed by atoms with van der Waals surface area (Å²) in [6.07, 6.45) is 0. The summed E-state index contributed by atoms with van der Waals surface area (Å²) >= 11 is 0. The highest BCUT2D eigenvalue weighted by atomic mass is 16.5. The van der Waals surface area contributed by atoms with Crippen molar-refractivity contribution in [2.45, 2.75) is 6.04 Å². The van der Waals surface area contributed by atoms with E-state index in [-0.39, 0.29) is 18.6 Å². The first-order valence-electron chi connectivity index (χ1n) is 3.85. The molecular formula is C7H11NO5. The molecule has 6 heteroatoms. The second-order valence-corrected chi connectivity index (χ2v) is 2.69. The molecule has 0 aromatic rings. The monoisotopic (exact) mass is 189 g/mol. The Kier molecular flexibility index (Phi) is 3.66. The highest BCUT2D eigenvalue weighted by molar-refractivity contribution is 5.78. The maximum Gasteiger partial charge on any atom is 0.329 e. The van der Waals surface area contributed by atoms with E-state index in [9.17, 15) is 9.59 Å². The summed E-state index contributed by atoms with van der Waals surface area (Å²) in [6.45, 7) is 0.368. The van der Waals surface area contributed by atoms with Gasteiger partial charge in [-0.05, 0) is 0 Å². The molecule has 0 aromatic carbocycles. The smallest absolute Gasteiger partial charge is 0.329 e. The molecule has 1 saturated heterocycles. The van der Waals surface area contributed by atoms with E-state index in [1.54, 1.807) is 0 Å². The number of carboxylic acid groups (broad SMARTS) is 1. The van der Waals surface area contributed by atoms with Crippen molar-refractivity contribution in [2.75, 3.05) is 26.4 Å². The van der Waals surface area contributed by atoms with E-state index in [1.165, 1.54) is 0 Å². The minimum Gasteiger partial charge on any atom is -0.480 e. The third kappa shape index (κ3) is 3.86. The lowest BCUT2D eigenvalue weighted by Gasteiger charge is -2.26. The predicted octanol–water partition coefficient (Wildman–Crippen LogP) is -1.40. The largest absolute Gasteiger partial charge is 0.480 e. The van der Waals surface area contributed by atoms with Crippen molar-refractivity contribution < 1.29 is 24.2 Å². The van der Waals surface area contributed by atoms with E-state index < -0.39 is 12.6 Å². The third-order valence-electron chi connectivity index (χ3n) is 1.46. The van der Waals surface area contributed by atoms with Gasteiger partial charge in [-0.3, -0.25) is 4.79 Å². The van der Waals surface area contributed by atoms with Gasteiger partial charge in [0.25, 0.3) is 0 Å². The van der Waals surface area contributed by atoms with Crippen LogP contribution in [0.15, 0.2) is 0 Å². The summed E-state index contributed by atoms with van der Waals surface area (Å²) in [5.41, 5.74) is 0.